The topological polar surface area (TPSA) is 71.5 Å². The van der Waals surface area contributed by atoms with E-state index in [-0.39, 0.29) is 18.9 Å². The van der Waals surface area contributed by atoms with Gasteiger partial charge in [-0.3, -0.25) is 4.79 Å². The Morgan fingerprint density at radius 1 is 1.19 bits per heavy atom. The van der Waals surface area contributed by atoms with Gasteiger partial charge in [0.05, 0.1) is 31.9 Å². The molecule has 1 heterocycles. The van der Waals surface area contributed by atoms with Crippen molar-refractivity contribution >= 4 is 17.2 Å². The van der Waals surface area contributed by atoms with Crippen molar-refractivity contribution < 1.29 is 14.6 Å². The van der Waals surface area contributed by atoms with Crippen LogP contribution in [0.5, 0.6) is 5.75 Å². The lowest BCUT2D eigenvalue weighted by molar-refractivity contribution is -0.121. The highest BCUT2D eigenvalue weighted by Crippen LogP contribution is 2.26. The van der Waals surface area contributed by atoms with Crippen molar-refractivity contribution in [2.75, 3.05) is 13.7 Å². The Labute approximate surface area is 156 Å². The number of methoxy groups -OCH3 is 1. The van der Waals surface area contributed by atoms with E-state index in [4.69, 9.17) is 4.74 Å². The van der Waals surface area contributed by atoms with Crippen molar-refractivity contribution in [2.45, 2.75) is 12.5 Å². The highest BCUT2D eigenvalue weighted by Gasteiger charge is 2.15. The Morgan fingerprint density at radius 3 is 2.58 bits per heavy atom. The molecule has 2 aromatic carbocycles. The van der Waals surface area contributed by atoms with Gasteiger partial charge in [-0.05, 0) is 29.8 Å². The molecule has 1 aromatic heterocycles. The minimum absolute atomic E-state index is 0.149. The first-order valence-electron chi connectivity index (χ1n) is 8.23. The number of nitrogens with zero attached hydrogens (tertiary/aromatic N) is 1. The first-order valence-corrected chi connectivity index (χ1v) is 9.11. The van der Waals surface area contributed by atoms with Gasteiger partial charge < -0.3 is 15.2 Å². The Morgan fingerprint density at radius 2 is 1.92 bits per heavy atom. The van der Waals surface area contributed by atoms with Crippen LogP contribution in [-0.2, 0) is 11.2 Å². The SMILES string of the molecule is COc1ccc(-c2nc(CC(=O)NC(CO)c3ccccc3)cs2)cc1. The van der Waals surface area contributed by atoms with Gasteiger partial charge >= 0.3 is 0 Å². The van der Waals surface area contributed by atoms with Crippen LogP contribution in [0.1, 0.15) is 17.3 Å². The molecule has 0 bridgehead atoms. The number of ether oxygens (including phenoxy) is 1. The zero-order valence-electron chi connectivity index (χ0n) is 14.4. The van der Waals surface area contributed by atoms with E-state index in [9.17, 15) is 9.90 Å². The van der Waals surface area contributed by atoms with Gasteiger partial charge in [0, 0.05) is 10.9 Å². The third-order valence-corrected chi connectivity index (χ3v) is 4.89. The van der Waals surface area contributed by atoms with Gasteiger partial charge in [0.1, 0.15) is 10.8 Å². The molecule has 0 aliphatic carbocycles. The molecule has 1 atom stereocenters. The van der Waals surface area contributed by atoms with Gasteiger partial charge in [0.25, 0.3) is 0 Å². The molecule has 6 heteroatoms. The third kappa shape index (κ3) is 4.47. The fraction of sp³-hybridized carbons (Fsp3) is 0.200. The van der Waals surface area contributed by atoms with Gasteiger partial charge in [-0.2, -0.15) is 0 Å². The second-order valence-electron chi connectivity index (χ2n) is 5.76. The molecule has 1 amide bonds. The predicted octanol–water partition coefficient (Wildman–Crippen LogP) is 3.21. The molecule has 0 aliphatic rings. The van der Waals surface area contributed by atoms with Crippen molar-refractivity contribution in [3.8, 4) is 16.3 Å². The number of carbonyl (C=O) groups excluding carboxylic acids is 1. The number of rotatable bonds is 7. The van der Waals surface area contributed by atoms with E-state index in [1.165, 1.54) is 11.3 Å². The Hall–Kier alpha value is -2.70. The summed E-state index contributed by atoms with van der Waals surface area (Å²) >= 11 is 1.50. The quantitative estimate of drug-likeness (QED) is 0.672. The second-order valence-corrected chi connectivity index (χ2v) is 6.62. The molecule has 0 aliphatic heterocycles. The van der Waals surface area contributed by atoms with Crippen molar-refractivity contribution in [1.29, 1.82) is 0 Å². The number of carbonyl (C=O) groups is 1. The Kier molecular flexibility index (Phi) is 5.99. The summed E-state index contributed by atoms with van der Waals surface area (Å²) in [5, 5.41) is 15.1. The molecule has 2 N–H and O–H groups in total. The standard InChI is InChI=1S/C20H20N2O3S/c1-25-17-9-7-15(8-10-17)20-21-16(13-26-20)11-19(24)22-18(12-23)14-5-3-2-4-6-14/h2-10,13,18,23H,11-12H2,1H3,(H,22,24). The minimum atomic E-state index is -0.414. The smallest absolute Gasteiger partial charge is 0.226 e. The second kappa shape index (κ2) is 8.60. The third-order valence-electron chi connectivity index (χ3n) is 3.95. The maximum atomic E-state index is 12.3. The minimum Gasteiger partial charge on any atom is -0.497 e. The molecular weight excluding hydrogens is 348 g/mol. The van der Waals surface area contributed by atoms with Gasteiger partial charge in [0.2, 0.25) is 5.91 Å². The summed E-state index contributed by atoms with van der Waals surface area (Å²) in [5.74, 6) is 0.625. The maximum absolute atomic E-state index is 12.3. The summed E-state index contributed by atoms with van der Waals surface area (Å²) in [5.41, 5.74) is 2.57. The molecular formula is C20H20N2O3S. The number of aliphatic hydroxyl groups excluding tert-OH is 1. The highest BCUT2D eigenvalue weighted by atomic mass is 32.1. The summed E-state index contributed by atoms with van der Waals surface area (Å²) in [6.07, 6.45) is 0.177. The maximum Gasteiger partial charge on any atom is 0.226 e. The van der Waals surface area contributed by atoms with Crippen LogP contribution < -0.4 is 10.1 Å². The van der Waals surface area contributed by atoms with E-state index >= 15 is 0 Å². The normalized spacial score (nSPS) is 11.8. The summed E-state index contributed by atoms with van der Waals surface area (Å²) in [6.45, 7) is -0.149. The molecule has 0 fully saturated rings. The lowest BCUT2D eigenvalue weighted by Gasteiger charge is -2.16. The van der Waals surface area contributed by atoms with Crippen LogP contribution in [0.4, 0.5) is 0 Å². The molecule has 0 spiro atoms. The summed E-state index contributed by atoms with van der Waals surface area (Å²) < 4.78 is 5.16. The van der Waals surface area contributed by atoms with Crippen molar-refractivity contribution in [1.82, 2.24) is 10.3 Å². The number of amides is 1. The van der Waals surface area contributed by atoms with Crippen molar-refractivity contribution in [3.63, 3.8) is 0 Å². The molecule has 1 unspecified atom stereocenters. The van der Waals surface area contributed by atoms with Crippen LogP contribution in [0.25, 0.3) is 10.6 Å². The van der Waals surface area contributed by atoms with Crippen LogP contribution in [0, 0.1) is 0 Å². The van der Waals surface area contributed by atoms with Gasteiger partial charge in [-0.1, -0.05) is 30.3 Å². The monoisotopic (exact) mass is 368 g/mol. The lowest BCUT2D eigenvalue weighted by Crippen LogP contribution is -2.32. The zero-order chi connectivity index (χ0) is 18.4. The molecule has 3 rings (SSSR count). The number of benzene rings is 2. The van der Waals surface area contributed by atoms with Crippen LogP contribution >= 0.6 is 11.3 Å². The predicted molar refractivity (Wildman–Crippen MR) is 102 cm³/mol. The van der Waals surface area contributed by atoms with E-state index in [0.29, 0.717) is 5.69 Å². The van der Waals surface area contributed by atoms with Crippen molar-refractivity contribution in [2.24, 2.45) is 0 Å². The largest absolute Gasteiger partial charge is 0.497 e. The number of aromatic nitrogens is 1. The molecule has 26 heavy (non-hydrogen) atoms. The van der Waals surface area contributed by atoms with Crippen LogP contribution in [-0.4, -0.2) is 29.7 Å². The van der Waals surface area contributed by atoms with E-state index in [0.717, 1.165) is 21.9 Å². The molecule has 0 saturated heterocycles. The van der Waals surface area contributed by atoms with Crippen LogP contribution in [0.3, 0.4) is 0 Å². The first-order chi connectivity index (χ1) is 12.7. The lowest BCUT2D eigenvalue weighted by atomic mass is 10.1. The first kappa shape index (κ1) is 18.1. The Bertz CT molecular complexity index is 847. The van der Waals surface area contributed by atoms with E-state index in [2.05, 4.69) is 10.3 Å². The molecule has 134 valence electrons. The number of nitrogens with one attached hydrogen (secondary N) is 1. The van der Waals surface area contributed by atoms with Crippen molar-refractivity contribution in [3.05, 3.63) is 71.2 Å². The van der Waals surface area contributed by atoms with E-state index in [1.807, 2.05) is 60.0 Å². The molecule has 3 aromatic rings. The zero-order valence-corrected chi connectivity index (χ0v) is 15.2. The van der Waals surface area contributed by atoms with Gasteiger partial charge in [0.15, 0.2) is 0 Å². The average Bonchev–Trinajstić information content (AvgIpc) is 3.15. The van der Waals surface area contributed by atoms with Crippen LogP contribution in [0.15, 0.2) is 60.0 Å². The van der Waals surface area contributed by atoms with Crippen LogP contribution in [0.2, 0.25) is 0 Å². The summed E-state index contributed by atoms with van der Waals surface area (Å²) in [7, 11) is 1.63. The average molecular weight is 368 g/mol. The van der Waals surface area contributed by atoms with Gasteiger partial charge in [-0.15, -0.1) is 11.3 Å². The fourth-order valence-corrected chi connectivity index (χ4v) is 3.41. The number of thiazole rings is 1. The molecule has 0 saturated carbocycles. The highest BCUT2D eigenvalue weighted by molar-refractivity contribution is 7.13. The van der Waals surface area contributed by atoms with Gasteiger partial charge in [-0.25, -0.2) is 4.98 Å². The number of hydrogen-bond donors (Lipinski definition) is 2. The number of aliphatic hydroxyl groups is 1. The van der Waals surface area contributed by atoms with E-state index < -0.39 is 6.04 Å². The Balaban J connectivity index is 1.63. The number of hydrogen-bond acceptors (Lipinski definition) is 5. The van der Waals surface area contributed by atoms with E-state index in [1.54, 1.807) is 7.11 Å². The molecule has 0 radical (unpaired) electrons. The fourth-order valence-electron chi connectivity index (χ4n) is 2.58. The molecule has 5 nitrogen and oxygen atoms in total. The summed E-state index contributed by atoms with van der Waals surface area (Å²) in [6, 6.07) is 16.7. The summed E-state index contributed by atoms with van der Waals surface area (Å²) in [4.78, 5) is 16.8.